The summed E-state index contributed by atoms with van der Waals surface area (Å²) in [6.45, 7) is 2.61. The Bertz CT molecular complexity index is 1040. The van der Waals surface area contributed by atoms with Gasteiger partial charge in [0.15, 0.2) is 5.82 Å². The summed E-state index contributed by atoms with van der Waals surface area (Å²) >= 11 is 0. The van der Waals surface area contributed by atoms with Gasteiger partial charge in [-0.25, -0.2) is 4.68 Å². The first kappa shape index (κ1) is 19.3. The number of aliphatic carboxylic acids is 1. The Morgan fingerprint density at radius 2 is 2.10 bits per heavy atom. The topological polar surface area (TPSA) is 79.4 Å². The Morgan fingerprint density at radius 3 is 2.79 bits per heavy atom. The van der Waals surface area contributed by atoms with Gasteiger partial charge in [-0.1, -0.05) is 5.21 Å². The van der Waals surface area contributed by atoms with E-state index in [2.05, 4.69) is 65.2 Å². The molecule has 0 saturated heterocycles. The minimum absolute atomic E-state index is 0.0236. The molecule has 1 aromatic carbocycles. The van der Waals surface area contributed by atoms with Gasteiger partial charge < -0.3 is 19.5 Å². The van der Waals surface area contributed by atoms with Crippen molar-refractivity contribution in [2.24, 2.45) is 13.0 Å². The third kappa shape index (κ3) is 3.79. The second-order valence-electron chi connectivity index (χ2n) is 8.06. The van der Waals surface area contributed by atoms with Crippen LogP contribution in [0.15, 0.2) is 30.6 Å². The highest BCUT2D eigenvalue weighted by atomic mass is 16.4. The zero-order valence-electron chi connectivity index (χ0n) is 17.4. The summed E-state index contributed by atoms with van der Waals surface area (Å²) in [7, 11) is 6.20. The second kappa shape index (κ2) is 7.42. The molecule has 154 valence electrons. The molecule has 8 heteroatoms. The van der Waals surface area contributed by atoms with Gasteiger partial charge in [-0.05, 0) is 43.9 Å². The van der Waals surface area contributed by atoms with E-state index in [1.807, 2.05) is 11.9 Å². The van der Waals surface area contributed by atoms with Crippen molar-refractivity contribution in [3.63, 3.8) is 0 Å². The van der Waals surface area contributed by atoms with Gasteiger partial charge in [0.05, 0.1) is 24.7 Å². The van der Waals surface area contributed by atoms with Gasteiger partial charge in [-0.15, -0.1) is 5.10 Å². The molecule has 8 nitrogen and oxygen atoms in total. The smallest absolute Gasteiger partial charge is 0.305 e. The highest BCUT2D eigenvalue weighted by molar-refractivity contribution is 5.96. The Balaban J connectivity index is 1.68. The van der Waals surface area contributed by atoms with Crippen LogP contribution in [-0.2, 0) is 18.4 Å². The lowest BCUT2D eigenvalue weighted by atomic mass is 10.1. The van der Waals surface area contributed by atoms with Crippen LogP contribution >= 0.6 is 0 Å². The van der Waals surface area contributed by atoms with Crippen molar-refractivity contribution in [2.75, 3.05) is 23.9 Å². The van der Waals surface area contributed by atoms with Crippen LogP contribution in [0.3, 0.4) is 0 Å². The van der Waals surface area contributed by atoms with Crippen LogP contribution in [0.25, 0.3) is 10.9 Å². The van der Waals surface area contributed by atoms with Crippen LogP contribution in [0.5, 0.6) is 0 Å². The summed E-state index contributed by atoms with van der Waals surface area (Å²) in [5.74, 6) is 0.615. The lowest BCUT2D eigenvalue weighted by Gasteiger charge is -2.29. The largest absolute Gasteiger partial charge is 0.481 e. The molecule has 29 heavy (non-hydrogen) atoms. The number of hydrogen-bond donors (Lipinski definition) is 1. The van der Waals surface area contributed by atoms with E-state index in [9.17, 15) is 4.79 Å². The fraction of sp³-hybridized carbons (Fsp3) is 0.476. The van der Waals surface area contributed by atoms with Crippen LogP contribution in [0.2, 0.25) is 0 Å². The summed E-state index contributed by atoms with van der Waals surface area (Å²) in [6.07, 6.45) is 6.52. The summed E-state index contributed by atoms with van der Waals surface area (Å²) < 4.78 is 3.71. The Hall–Kier alpha value is -3.03. The zero-order chi connectivity index (χ0) is 20.7. The highest BCUT2D eigenvalue weighted by Crippen LogP contribution is 2.40. The number of nitrogens with zero attached hydrogens (tertiary/aromatic N) is 6. The third-order valence-electron chi connectivity index (χ3n) is 6.07. The summed E-state index contributed by atoms with van der Waals surface area (Å²) in [5, 5.41) is 18.4. The molecule has 1 aliphatic carbocycles. The van der Waals surface area contributed by atoms with Crippen molar-refractivity contribution in [2.45, 2.75) is 38.8 Å². The molecule has 0 aliphatic heterocycles. The number of carboxylic acid groups (broad SMARTS) is 1. The minimum Gasteiger partial charge on any atom is -0.481 e. The van der Waals surface area contributed by atoms with E-state index in [0.717, 1.165) is 17.1 Å². The third-order valence-corrected chi connectivity index (χ3v) is 6.07. The van der Waals surface area contributed by atoms with Gasteiger partial charge in [0.2, 0.25) is 0 Å². The quantitative estimate of drug-likeness (QED) is 0.630. The summed E-state index contributed by atoms with van der Waals surface area (Å²) in [5.41, 5.74) is 3.40. The fourth-order valence-electron chi connectivity index (χ4n) is 3.83. The maximum atomic E-state index is 10.8. The van der Waals surface area contributed by atoms with Crippen LogP contribution in [0.4, 0.5) is 17.2 Å². The van der Waals surface area contributed by atoms with Crippen molar-refractivity contribution in [3.8, 4) is 0 Å². The SMILES string of the molecule is CC(C1CC1)N(C)c1cc(N(C)c2cn(CCC(=O)O)nn2)cc2c1ccn2C. The van der Waals surface area contributed by atoms with E-state index in [1.54, 1.807) is 10.9 Å². The molecule has 3 aromatic rings. The maximum Gasteiger partial charge on any atom is 0.305 e. The molecular formula is C21H28N6O2. The van der Waals surface area contributed by atoms with Crippen LogP contribution in [0, 0.1) is 5.92 Å². The second-order valence-corrected chi connectivity index (χ2v) is 8.06. The normalized spacial score (nSPS) is 14.9. The predicted octanol–water partition coefficient (Wildman–Crippen LogP) is 3.25. The predicted molar refractivity (Wildman–Crippen MR) is 114 cm³/mol. The van der Waals surface area contributed by atoms with Gasteiger partial charge >= 0.3 is 5.97 Å². The van der Waals surface area contributed by atoms with Crippen molar-refractivity contribution < 1.29 is 9.90 Å². The first-order valence-corrected chi connectivity index (χ1v) is 10.0. The molecule has 0 spiro atoms. The Labute approximate surface area is 170 Å². The first-order valence-electron chi connectivity index (χ1n) is 10.0. The maximum absolute atomic E-state index is 10.8. The first-order chi connectivity index (χ1) is 13.8. The Kier molecular flexibility index (Phi) is 4.94. The van der Waals surface area contributed by atoms with Crippen molar-refractivity contribution >= 4 is 34.1 Å². The van der Waals surface area contributed by atoms with E-state index in [4.69, 9.17) is 5.11 Å². The standard InChI is InChI=1S/C21H28N6O2/c1-14(15-5-6-15)25(3)19-12-16(11-18-17(19)7-9-24(18)2)26(4)20-13-27(23-22-20)10-8-21(28)29/h7,9,11-15H,5-6,8,10H2,1-4H3,(H,28,29). The summed E-state index contributed by atoms with van der Waals surface area (Å²) in [4.78, 5) is 15.2. The molecule has 1 unspecified atom stereocenters. The van der Waals surface area contributed by atoms with Crippen LogP contribution in [0.1, 0.15) is 26.2 Å². The lowest BCUT2D eigenvalue weighted by molar-refractivity contribution is -0.137. The van der Waals surface area contributed by atoms with Gasteiger partial charge in [0.1, 0.15) is 0 Å². The minimum atomic E-state index is -0.845. The van der Waals surface area contributed by atoms with Crippen LogP contribution < -0.4 is 9.80 Å². The van der Waals surface area contributed by atoms with E-state index < -0.39 is 5.97 Å². The number of carboxylic acids is 1. The number of hydrogen-bond acceptors (Lipinski definition) is 5. The van der Waals surface area contributed by atoms with E-state index >= 15 is 0 Å². The lowest BCUT2D eigenvalue weighted by Crippen LogP contribution is -2.30. The van der Waals surface area contributed by atoms with E-state index in [0.29, 0.717) is 18.4 Å². The summed E-state index contributed by atoms with van der Waals surface area (Å²) in [6, 6.07) is 7.03. The van der Waals surface area contributed by atoms with Crippen molar-refractivity contribution in [3.05, 3.63) is 30.6 Å². The monoisotopic (exact) mass is 396 g/mol. The average Bonchev–Trinajstić information content (AvgIpc) is 3.34. The molecule has 1 aliphatic rings. The molecule has 1 fully saturated rings. The molecule has 2 aromatic heterocycles. The molecular weight excluding hydrogens is 368 g/mol. The molecule has 0 radical (unpaired) electrons. The average molecular weight is 396 g/mol. The molecule has 1 saturated carbocycles. The number of aromatic nitrogens is 4. The van der Waals surface area contributed by atoms with Gasteiger partial charge in [0, 0.05) is 50.1 Å². The molecule has 0 bridgehead atoms. The Morgan fingerprint density at radius 1 is 1.34 bits per heavy atom. The molecule has 1 N–H and O–H groups in total. The van der Waals surface area contributed by atoms with E-state index in [1.165, 1.54) is 23.9 Å². The van der Waals surface area contributed by atoms with Crippen LogP contribution in [-0.4, -0.2) is 50.8 Å². The number of benzene rings is 1. The number of fused-ring (bicyclic) bond motifs is 1. The van der Waals surface area contributed by atoms with Gasteiger partial charge in [0.25, 0.3) is 0 Å². The molecule has 0 amide bonds. The van der Waals surface area contributed by atoms with Crippen molar-refractivity contribution in [1.82, 2.24) is 19.6 Å². The van der Waals surface area contributed by atoms with Gasteiger partial charge in [-0.2, -0.15) is 0 Å². The molecule has 2 heterocycles. The fourth-order valence-corrected chi connectivity index (χ4v) is 3.83. The van der Waals surface area contributed by atoms with Gasteiger partial charge in [-0.3, -0.25) is 4.79 Å². The van der Waals surface area contributed by atoms with Crippen molar-refractivity contribution in [1.29, 1.82) is 0 Å². The highest BCUT2D eigenvalue weighted by Gasteiger charge is 2.31. The molecule has 1 atom stereocenters. The number of carbonyl (C=O) groups is 1. The number of aryl methyl sites for hydroxylation is 2. The van der Waals surface area contributed by atoms with E-state index in [-0.39, 0.29) is 6.42 Å². The number of rotatable bonds is 8. The zero-order valence-corrected chi connectivity index (χ0v) is 17.4. The molecule has 4 rings (SSSR count). The number of anilines is 3.